The SMILES string of the molecule is OC(c1csc(I)c1)c1cc(F)ccc1F. The molecule has 2 rings (SSSR count). The van der Waals surface area contributed by atoms with Gasteiger partial charge in [-0.25, -0.2) is 8.78 Å². The third kappa shape index (κ3) is 2.41. The molecule has 1 aromatic heterocycles. The van der Waals surface area contributed by atoms with E-state index in [1.54, 1.807) is 11.4 Å². The van der Waals surface area contributed by atoms with E-state index in [0.717, 1.165) is 21.1 Å². The summed E-state index contributed by atoms with van der Waals surface area (Å²) in [6, 6.07) is 4.82. The summed E-state index contributed by atoms with van der Waals surface area (Å²) >= 11 is 3.56. The molecular weight excluding hydrogens is 345 g/mol. The van der Waals surface area contributed by atoms with Crippen molar-refractivity contribution in [1.82, 2.24) is 0 Å². The van der Waals surface area contributed by atoms with Crippen LogP contribution in [0, 0.1) is 14.5 Å². The van der Waals surface area contributed by atoms with E-state index >= 15 is 0 Å². The molecule has 16 heavy (non-hydrogen) atoms. The van der Waals surface area contributed by atoms with Crippen LogP contribution in [0.2, 0.25) is 0 Å². The highest BCUT2D eigenvalue weighted by molar-refractivity contribution is 14.1. The largest absolute Gasteiger partial charge is 0.384 e. The van der Waals surface area contributed by atoms with E-state index < -0.39 is 17.7 Å². The summed E-state index contributed by atoms with van der Waals surface area (Å²) in [6.07, 6.45) is -1.12. The summed E-state index contributed by atoms with van der Waals surface area (Å²) in [4.78, 5) is 0. The molecule has 1 heterocycles. The van der Waals surface area contributed by atoms with Gasteiger partial charge in [0, 0.05) is 5.56 Å². The molecule has 0 saturated heterocycles. The zero-order valence-electron chi connectivity index (χ0n) is 7.95. The molecule has 1 nitrogen and oxygen atoms in total. The van der Waals surface area contributed by atoms with Gasteiger partial charge in [0.15, 0.2) is 0 Å². The van der Waals surface area contributed by atoms with E-state index in [9.17, 15) is 13.9 Å². The second-order valence-electron chi connectivity index (χ2n) is 3.25. The number of hydrogen-bond donors (Lipinski definition) is 1. The second kappa shape index (κ2) is 4.77. The van der Waals surface area contributed by atoms with Crippen molar-refractivity contribution in [2.24, 2.45) is 0 Å². The van der Waals surface area contributed by atoms with Gasteiger partial charge in [0.1, 0.15) is 17.7 Å². The Hall–Kier alpha value is -0.530. The van der Waals surface area contributed by atoms with Crippen molar-refractivity contribution < 1.29 is 13.9 Å². The first kappa shape index (κ1) is 11.9. The first-order valence-corrected chi connectivity index (χ1v) is 6.40. The van der Waals surface area contributed by atoms with E-state index in [1.807, 2.05) is 0 Å². The molecule has 1 atom stereocenters. The lowest BCUT2D eigenvalue weighted by Gasteiger charge is -2.10. The summed E-state index contributed by atoms with van der Waals surface area (Å²) < 4.78 is 27.3. The third-order valence-corrected chi connectivity index (χ3v) is 3.96. The maximum atomic E-state index is 13.4. The lowest BCUT2D eigenvalue weighted by atomic mass is 10.0. The van der Waals surface area contributed by atoms with Crippen LogP contribution < -0.4 is 0 Å². The lowest BCUT2D eigenvalue weighted by Crippen LogP contribution is -2.02. The fourth-order valence-electron chi connectivity index (χ4n) is 1.37. The Balaban J connectivity index is 2.40. The summed E-state index contributed by atoms with van der Waals surface area (Å²) in [5.74, 6) is -1.16. The Kier molecular flexibility index (Phi) is 3.56. The van der Waals surface area contributed by atoms with Gasteiger partial charge in [-0.1, -0.05) is 0 Å². The molecule has 2 aromatic rings. The van der Waals surface area contributed by atoms with Gasteiger partial charge < -0.3 is 5.11 Å². The number of thiophene rings is 1. The van der Waals surface area contributed by atoms with Gasteiger partial charge in [-0.05, 0) is 57.8 Å². The molecule has 0 aliphatic rings. The zero-order chi connectivity index (χ0) is 11.7. The van der Waals surface area contributed by atoms with Crippen LogP contribution in [0.1, 0.15) is 17.2 Å². The van der Waals surface area contributed by atoms with E-state index in [-0.39, 0.29) is 5.56 Å². The minimum absolute atomic E-state index is 0.0331. The predicted octanol–water partition coefficient (Wildman–Crippen LogP) is 3.71. The number of hydrogen-bond acceptors (Lipinski definition) is 2. The van der Waals surface area contributed by atoms with Crippen molar-refractivity contribution in [3.63, 3.8) is 0 Å². The van der Waals surface area contributed by atoms with Crippen molar-refractivity contribution in [2.75, 3.05) is 0 Å². The van der Waals surface area contributed by atoms with Gasteiger partial charge >= 0.3 is 0 Å². The van der Waals surface area contributed by atoms with E-state index in [1.165, 1.54) is 11.3 Å². The molecule has 1 N–H and O–H groups in total. The number of rotatable bonds is 2. The molecule has 0 spiro atoms. The van der Waals surface area contributed by atoms with Crippen molar-refractivity contribution in [1.29, 1.82) is 0 Å². The minimum Gasteiger partial charge on any atom is -0.384 e. The van der Waals surface area contributed by atoms with Crippen LogP contribution in [0.4, 0.5) is 8.78 Å². The van der Waals surface area contributed by atoms with Crippen molar-refractivity contribution in [3.05, 3.63) is 55.3 Å². The van der Waals surface area contributed by atoms with Crippen molar-refractivity contribution >= 4 is 33.9 Å². The maximum absolute atomic E-state index is 13.4. The Morgan fingerprint density at radius 2 is 2.00 bits per heavy atom. The van der Waals surface area contributed by atoms with Gasteiger partial charge in [-0.15, -0.1) is 11.3 Å². The van der Waals surface area contributed by atoms with Gasteiger partial charge in [-0.3, -0.25) is 0 Å². The molecule has 0 aliphatic carbocycles. The second-order valence-corrected chi connectivity index (χ2v) is 6.06. The lowest BCUT2D eigenvalue weighted by molar-refractivity contribution is 0.215. The number of benzene rings is 1. The Bertz CT molecular complexity index is 512. The topological polar surface area (TPSA) is 20.2 Å². The van der Waals surface area contributed by atoms with Gasteiger partial charge in [0.2, 0.25) is 0 Å². The molecule has 0 aliphatic heterocycles. The summed E-state index contributed by atoms with van der Waals surface area (Å²) in [7, 11) is 0. The first-order valence-electron chi connectivity index (χ1n) is 4.45. The monoisotopic (exact) mass is 352 g/mol. The Morgan fingerprint density at radius 3 is 2.62 bits per heavy atom. The summed E-state index contributed by atoms with van der Waals surface area (Å²) in [5, 5.41) is 11.6. The molecule has 5 heteroatoms. The molecular formula is C11H7F2IOS. The Morgan fingerprint density at radius 1 is 1.25 bits per heavy atom. The molecule has 0 saturated carbocycles. The smallest absolute Gasteiger partial charge is 0.129 e. The molecule has 84 valence electrons. The average molecular weight is 352 g/mol. The number of aliphatic hydroxyl groups is 1. The van der Waals surface area contributed by atoms with E-state index in [0.29, 0.717) is 5.56 Å². The third-order valence-electron chi connectivity index (χ3n) is 2.16. The normalized spacial score (nSPS) is 12.8. The van der Waals surface area contributed by atoms with Crippen molar-refractivity contribution in [3.8, 4) is 0 Å². The molecule has 0 fully saturated rings. The number of aliphatic hydroxyl groups excluding tert-OH is 1. The zero-order valence-corrected chi connectivity index (χ0v) is 10.9. The molecule has 1 unspecified atom stereocenters. The van der Waals surface area contributed by atoms with E-state index in [2.05, 4.69) is 22.6 Å². The fourth-order valence-corrected chi connectivity index (χ4v) is 2.76. The Labute approximate surface area is 109 Å². The highest BCUT2D eigenvalue weighted by atomic mass is 127. The van der Waals surface area contributed by atoms with Crippen LogP contribution in [0.25, 0.3) is 0 Å². The number of halogens is 3. The summed E-state index contributed by atoms with van der Waals surface area (Å²) in [5.41, 5.74) is 0.549. The van der Waals surface area contributed by atoms with Crippen LogP contribution in [0.15, 0.2) is 29.6 Å². The van der Waals surface area contributed by atoms with Crippen LogP contribution in [0.3, 0.4) is 0 Å². The molecule has 0 radical (unpaired) electrons. The van der Waals surface area contributed by atoms with Crippen LogP contribution in [-0.4, -0.2) is 5.11 Å². The standard InChI is InChI=1S/C11H7F2IOS/c12-7-1-2-9(13)8(4-7)11(15)6-3-10(14)16-5-6/h1-5,11,15H. The minimum atomic E-state index is -1.12. The first-order chi connectivity index (χ1) is 7.58. The average Bonchev–Trinajstić information content (AvgIpc) is 2.67. The van der Waals surface area contributed by atoms with Crippen LogP contribution in [0.5, 0.6) is 0 Å². The fraction of sp³-hybridized carbons (Fsp3) is 0.0909. The molecule has 1 aromatic carbocycles. The van der Waals surface area contributed by atoms with E-state index in [4.69, 9.17) is 0 Å². The quantitative estimate of drug-likeness (QED) is 0.817. The van der Waals surface area contributed by atoms with Gasteiger partial charge in [-0.2, -0.15) is 0 Å². The summed E-state index contributed by atoms with van der Waals surface area (Å²) in [6.45, 7) is 0. The van der Waals surface area contributed by atoms with Gasteiger partial charge in [0.05, 0.1) is 2.88 Å². The highest BCUT2D eigenvalue weighted by Crippen LogP contribution is 2.29. The molecule has 0 amide bonds. The van der Waals surface area contributed by atoms with Crippen LogP contribution >= 0.6 is 33.9 Å². The van der Waals surface area contributed by atoms with Gasteiger partial charge in [0.25, 0.3) is 0 Å². The van der Waals surface area contributed by atoms with Crippen molar-refractivity contribution in [2.45, 2.75) is 6.10 Å². The maximum Gasteiger partial charge on any atom is 0.129 e. The van der Waals surface area contributed by atoms with Crippen LogP contribution in [-0.2, 0) is 0 Å². The predicted molar refractivity (Wildman–Crippen MR) is 67.5 cm³/mol. The molecule has 0 bridgehead atoms. The highest BCUT2D eigenvalue weighted by Gasteiger charge is 2.16.